The molecule has 1 aromatic carbocycles. The summed E-state index contributed by atoms with van der Waals surface area (Å²) < 4.78 is 0. The summed E-state index contributed by atoms with van der Waals surface area (Å²) in [5.74, 6) is 0.442. The first-order valence-corrected chi connectivity index (χ1v) is 8.72. The van der Waals surface area contributed by atoms with Crippen LogP contribution in [0, 0.1) is 11.3 Å². The second kappa shape index (κ2) is 8.16. The Morgan fingerprint density at radius 3 is 2.57 bits per heavy atom. The third-order valence-corrected chi connectivity index (χ3v) is 4.15. The third kappa shape index (κ3) is 4.14. The molecule has 7 heteroatoms. The van der Waals surface area contributed by atoms with Crippen LogP contribution in [0.25, 0.3) is 11.3 Å². The van der Waals surface area contributed by atoms with Crippen molar-refractivity contribution < 1.29 is 5.11 Å². The molecule has 23 heavy (non-hydrogen) atoms. The maximum absolute atomic E-state index is 9.57. The predicted octanol–water partition coefficient (Wildman–Crippen LogP) is 3.57. The van der Waals surface area contributed by atoms with Gasteiger partial charge in [-0.3, -0.25) is 0 Å². The Hall–Kier alpha value is -1.81. The van der Waals surface area contributed by atoms with Crippen LogP contribution in [0.5, 0.6) is 0 Å². The molecule has 120 valence electrons. The number of thioether (sulfide) groups is 1. The molecule has 0 bridgehead atoms. The fourth-order valence-electron chi connectivity index (χ4n) is 2.03. The number of aliphatic hydroxyl groups excluding tert-OH is 1. The molecule has 0 aliphatic carbocycles. The van der Waals surface area contributed by atoms with Crippen molar-refractivity contribution in [2.45, 2.75) is 24.5 Å². The molecule has 0 amide bonds. The molecule has 5 nitrogen and oxygen atoms in total. The van der Waals surface area contributed by atoms with Crippen LogP contribution in [-0.4, -0.2) is 34.0 Å². The Bertz CT molecular complexity index is 711. The van der Waals surface area contributed by atoms with E-state index in [9.17, 15) is 10.4 Å². The normalized spacial score (nSPS) is 11.8. The van der Waals surface area contributed by atoms with E-state index in [-0.39, 0.29) is 12.6 Å². The van der Waals surface area contributed by atoms with Gasteiger partial charge in [-0.25, -0.2) is 9.97 Å². The predicted molar refractivity (Wildman–Crippen MR) is 93.8 cm³/mol. The van der Waals surface area contributed by atoms with Gasteiger partial charge in [0.05, 0.1) is 18.3 Å². The lowest BCUT2D eigenvalue weighted by Gasteiger charge is -2.17. The van der Waals surface area contributed by atoms with E-state index in [0.29, 0.717) is 27.3 Å². The molecule has 2 aromatic rings. The summed E-state index contributed by atoms with van der Waals surface area (Å²) in [5.41, 5.74) is 1.71. The van der Waals surface area contributed by atoms with Crippen molar-refractivity contribution in [2.24, 2.45) is 0 Å². The summed E-state index contributed by atoms with van der Waals surface area (Å²) in [7, 11) is 0. The second-order valence-electron chi connectivity index (χ2n) is 4.83. The van der Waals surface area contributed by atoms with Gasteiger partial charge in [-0.1, -0.05) is 42.4 Å². The number of anilines is 1. The Kier molecular flexibility index (Phi) is 6.22. The number of nitriles is 1. The van der Waals surface area contributed by atoms with Crippen molar-refractivity contribution in [2.75, 3.05) is 18.2 Å². The average molecular weight is 349 g/mol. The molecular weight excluding hydrogens is 332 g/mol. The van der Waals surface area contributed by atoms with Gasteiger partial charge in [-0.15, -0.1) is 0 Å². The molecule has 0 saturated carbocycles. The number of aromatic nitrogens is 2. The Labute approximate surface area is 144 Å². The van der Waals surface area contributed by atoms with Crippen LogP contribution in [0.4, 0.5) is 5.82 Å². The van der Waals surface area contributed by atoms with Gasteiger partial charge >= 0.3 is 0 Å². The smallest absolute Gasteiger partial charge is 0.189 e. The van der Waals surface area contributed by atoms with Crippen LogP contribution < -0.4 is 5.32 Å². The molecule has 0 radical (unpaired) electrons. The molecule has 1 heterocycles. The fraction of sp³-hybridized carbons (Fsp3) is 0.312. The van der Waals surface area contributed by atoms with Crippen LogP contribution in [0.2, 0.25) is 5.02 Å². The van der Waals surface area contributed by atoms with Crippen LogP contribution in [0.1, 0.15) is 18.9 Å². The van der Waals surface area contributed by atoms with Gasteiger partial charge in [-0.2, -0.15) is 5.26 Å². The van der Waals surface area contributed by atoms with Crippen LogP contribution in [0.3, 0.4) is 0 Å². The van der Waals surface area contributed by atoms with Crippen molar-refractivity contribution in [1.29, 1.82) is 5.26 Å². The molecule has 0 aliphatic rings. The van der Waals surface area contributed by atoms with Crippen molar-refractivity contribution in [3.05, 3.63) is 34.9 Å². The SMILES string of the molecule is CC[C@H](CO)Nc1nc(SC)nc(-c2ccc(Cl)cc2)c1C#N. The highest BCUT2D eigenvalue weighted by atomic mass is 35.5. The lowest BCUT2D eigenvalue weighted by molar-refractivity contribution is 0.271. The Morgan fingerprint density at radius 2 is 2.04 bits per heavy atom. The number of nitrogens with zero attached hydrogens (tertiary/aromatic N) is 3. The molecular formula is C16H17ClN4OS. The van der Waals surface area contributed by atoms with Gasteiger partial charge in [-0.05, 0) is 24.8 Å². The molecule has 2 rings (SSSR count). The third-order valence-electron chi connectivity index (χ3n) is 3.35. The highest BCUT2D eigenvalue weighted by Gasteiger charge is 2.18. The molecule has 1 aromatic heterocycles. The van der Waals surface area contributed by atoms with E-state index in [1.54, 1.807) is 12.1 Å². The topological polar surface area (TPSA) is 81.8 Å². The number of hydrogen-bond acceptors (Lipinski definition) is 6. The van der Waals surface area contributed by atoms with Gasteiger partial charge in [0, 0.05) is 10.6 Å². The second-order valence-corrected chi connectivity index (χ2v) is 6.04. The van der Waals surface area contributed by atoms with Crippen LogP contribution in [-0.2, 0) is 0 Å². The van der Waals surface area contributed by atoms with Gasteiger partial charge in [0.1, 0.15) is 17.5 Å². The van der Waals surface area contributed by atoms with Gasteiger partial charge < -0.3 is 10.4 Å². The quantitative estimate of drug-likeness (QED) is 0.613. The number of nitrogens with one attached hydrogen (secondary N) is 1. The largest absolute Gasteiger partial charge is 0.394 e. The molecule has 0 fully saturated rings. The highest BCUT2D eigenvalue weighted by molar-refractivity contribution is 7.98. The maximum atomic E-state index is 9.57. The monoisotopic (exact) mass is 348 g/mol. The first-order valence-electron chi connectivity index (χ1n) is 7.12. The van der Waals surface area contributed by atoms with Gasteiger partial charge in [0.15, 0.2) is 5.16 Å². The average Bonchev–Trinajstić information content (AvgIpc) is 2.59. The van der Waals surface area contributed by atoms with E-state index in [4.69, 9.17) is 11.6 Å². The minimum absolute atomic E-state index is 0.0315. The highest BCUT2D eigenvalue weighted by Crippen LogP contribution is 2.29. The van der Waals surface area contributed by atoms with E-state index in [1.165, 1.54) is 11.8 Å². The lowest BCUT2D eigenvalue weighted by atomic mass is 10.1. The van der Waals surface area contributed by atoms with Gasteiger partial charge in [0.25, 0.3) is 0 Å². The van der Waals surface area contributed by atoms with Crippen molar-refractivity contribution in [3.8, 4) is 17.3 Å². The number of aliphatic hydroxyl groups is 1. The van der Waals surface area contributed by atoms with Crippen LogP contribution in [0.15, 0.2) is 29.4 Å². The Morgan fingerprint density at radius 1 is 1.35 bits per heavy atom. The standard InChI is InChI=1S/C16H17ClN4OS/c1-3-12(9-22)19-15-13(8-18)14(20-16(21-15)23-2)10-4-6-11(17)7-5-10/h4-7,12,22H,3,9H2,1-2H3,(H,19,20,21)/t12-/m1/s1. The van der Waals surface area contributed by atoms with E-state index in [2.05, 4.69) is 21.4 Å². The fourth-order valence-corrected chi connectivity index (χ4v) is 2.52. The van der Waals surface area contributed by atoms with Crippen molar-refractivity contribution in [3.63, 3.8) is 0 Å². The van der Waals surface area contributed by atoms with E-state index < -0.39 is 0 Å². The summed E-state index contributed by atoms with van der Waals surface area (Å²) in [6.45, 7) is 1.92. The minimum Gasteiger partial charge on any atom is -0.394 e. The summed E-state index contributed by atoms with van der Waals surface area (Å²) in [6.07, 6.45) is 2.59. The number of rotatable bonds is 6. The summed E-state index contributed by atoms with van der Waals surface area (Å²) >= 11 is 7.32. The summed E-state index contributed by atoms with van der Waals surface area (Å²) in [6, 6.07) is 9.17. The van der Waals surface area contributed by atoms with E-state index in [1.807, 2.05) is 25.3 Å². The molecule has 0 aliphatic heterocycles. The first kappa shape index (κ1) is 17.5. The van der Waals surface area contributed by atoms with E-state index in [0.717, 1.165) is 12.0 Å². The number of halogens is 1. The van der Waals surface area contributed by atoms with Crippen molar-refractivity contribution in [1.82, 2.24) is 9.97 Å². The molecule has 0 saturated heterocycles. The molecule has 0 unspecified atom stereocenters. The molecule has 1 atom stereocenters. The van der Waals surface area contributed by atoms with Crippen molar-refractivity contribution >= 4 is 29.2 Å². The first-order chi connectivity index (χ1) is 11.1. The molecule has 2 N–H and O–H groups in total. The lowest BCUT2D eigenvalue weighted by Crippen LogP contribution is -2.24. The van der Waals surface area contributed by atoms with Gasteiger partial charge in [0.2, 0.25) is 0 Å². The maximum Gasteiger partial charge on any atom is 0.189 e. The minimum atomic E-state index is -0.162. The summed E-state index contributed by atoms with van der Waals surface area (Å²) in [4.78, 5) is 8.85. The zero-order valence-corrected chi connectivity index (χ0v) is 14.4. The zero-order chi connectivity index (χ0) is 16.8. The zero-order valence-electron chi connectivity index (χ0n) is 12.9. The van der Waals surface area contributed by atoms with Crippen LogP contribution >= 0.6 is 23.4 Å². The number of benzene rings is 1. The Balaban J connectivity index is 2.57. The van der Waals surface area contributed by atoms with E-state index >= 15 is 0 Å². The molecule has 0 spiro atoms. The summed E-state index contributed by atoms with van der Waals surface area (Å²) in [5, 5.41) is 23.3. The number of hydrogen-bond donors (Lipinski definition) is 2.